The number of nitrogens with one attached hydrogen (secondary N) is 2. The highest BCUT2D eigenvalue weighted by Crippen LogP contribution is 2.59. The normalized spacial score (nSPS) is 38.1. The fourth-order valence-electron chi connectivity index (χ4n) is 5.44. The van der Waals surface area contributed by atoms with Gasteiger partial charge in [0.2, 0.25) is 5.95 Å². The van der Waals surface area contributed by atoms with Crippen LogP contribution in [0.5, 0.6) is 0 Å². The van der Waals surface area contributed by atoms with Gasteiger partial charge in [-0.25, -0.2) is 4.98 Å². The Bertz CT molecular complexity index is 542. The number of rotatable bonds is 3. The molecular formula is C16H23N3O. The number of aromatic amines is 1. The zero-order valence-corrected chi connectivity index (χ0v) is 12.1. The van der Waals surface area contributed by atoms with Crippen molar-refractivity contribution in [1.82, 2.24) is 9.97 Å². The largest absolute Gasteiger partial charge is 0.355 e. The van der Waals surface area contributed by atoms with Gasteiger partial charge in [-0.2, -0.15) is 0 Å². The van der Waals surface area contributed by atoms with Crippen molar-refractivity contribution in [2.75, 3.05) is 11.9 Å². The Morgan fingerprint density at radius 1 is 1.25 bits per heavy atom. The van der Waals surface area contributed by atoms with E-state index in [9.17, 15) is 4.79 Å². The highest BCUT2D eigenvalue weighted by Gasteiger charge is 2.50. The van der Waals surface area contributed by atoms with Gasteiger partial charge in [-0.05, 0) is 68.6 Å². The molecule has 4 saturated carbocycles. The van der Waals surface area contributed by atoms with Crippen molar-refractivity contribution in [1.29, 1.82) is 0 Å². The lowest BCUT2D eigenvalue weighted by atomic mass is 9.49. The van der Waals surface area contributed by atoms with Crippen molar-refractivity contribution in [3.05, 3.63) is 22.1 Å². The van der Waals surface area contributed by atoms with Gasteiger partial charge in [0.25, 0.3) is 5.56 Å². The number of hydrogen-bond donors (Lipinski definition) is 2. The van der Waals surface area contributed by atoms with E-state index in [4.69, 9.17) is 0 Å². The fraction of sp³-hybridized carbons (Fsp3) is 0.750. The summed E-state index contributed by atoms with van der Waals surface area (Å²) in [6, 6.07) is 1.54. The minimum absolute atomic E-state index is 0.0643. The molecule has 2 N–H and O–H groups in total. The van der Waals surface area contributed by atoms with Gasteiger partial charge < -0.3 is 5.32 Å². The van der Waals surface area contributed by atoms with E-state index in [1.165, 1.54) is 44.6 Å². The highest BCUT2D eigenvalue weighted by atomic mass is 16.1. The maximum atomic E-state index is 11.5. The van der Waals surface area contributed by atoms with E-state index in [-0.39, 0.29) is 5.56 Å². The Morgan fingerprint density at radius 3 is 2.40 bits per heavy atom. The van der Waals surface area contributed by atoms with Crippen LogP contribution in [0.3, 0.4) is 0 Å². The van der Waals surface area contributed by atoms with E-state index in [0.717, 1.165) is 30.0 Å². The lowest BCUT2D eigenvalue weighted by molar-refractivity contribution is -0.0445. The standard InChI is InChI=1S/C16H23N3O/c1-10-2-14(20)19-15(18-10)17-9-16-6-11-3-12(7-16)5-13(4-11)8-16/h2,11-13H,3-9H2,1H3,(H2,17,18,19,20). The number of aryl methyl sites for hydroxylation is 1. The molecule has 0 amide bonds. The summed E-state index contributed by atoms with van der Waals surface area (Å²) in [5.74, 6) is 3.54. The second-order valence-electron chi connectivity index (χ2n) is 7.51. The Kier molecular flexibility index (Phi) is 2.69. The second kappa shape index (κ2) is 4.34. The van der Waals surface area contributed by atoms with Gasteiger partial charge >= 0.3 is 0 Å². The van der Waals surface area contributed by atoms with Crippen molar-refractivity contribution in [3.8, 4) is 0 Å². The summed E-state index contributed by atoms with van der Waals surface area (Å²) in [6.45, 7) is 2.84. The first-order valence-electron chi connectivity index (χ1n) is 7.92. The van der Waals surface area contributed by atoms with Crippen molar-refractivity contribution < 1.29 is 0 Å². The van der Waals surface area contributed by atoms with Crippen LogP contribution in [0, 0.1) is 30.1 Å². The molecule has 0 aliphatic heterocycles. The van der Waals surface area contributed by atoms with E-state index >= 15 is 0 Å². The first-order valence-corrected chi connectivity index (χ1v) is 7.92. The van der Waals surface area contributed by atoms with Crippen LogP contribution in [0.15, 0.2) is 10.9 Å². The molecule has 0 saturated heterocycles. The number of nitrogens with zero attached hydrogens (tertiary/aromatic N) is 1. The van der Waals surface area contributed by atoms with Crippen LogP contribution in [0.25, 0.3) is 0 Å². The van der Waals surface area contributed by atoms with Crippen LogP contribution in [0.4, 0.5) is 5.95 Å². The predicted molar refractivity (Wildman–Crippen MR) is 78.7 cm³/mol. The third-order valence-electron chi connectivity index (χ3n) is 5.67. The average molecular weight is 273 g/mol. The molecule has 4 aliphatic rings. The van der Waals surface area contributed by atoms with E-state index in [0.29, 0.717) is 11.4 Å². The van der Waals surface area contributed by atoms with Gasteiger partial charge in [-0.3, -0.25) is 9.78 Å². The maximum absolute atomic E-state index is 11.5. The van der Waals surface area contributed by atoms with Crippen molar-refractivity contribution in [3.63, 3.8) is 0 Å². The van der Waals surface area contributed by atoms with Crippen LogP contribution in [-0.4, -0.2) is 16.5 Å². The van der Waals surface area contributed by atoms with Crippen molar-refractivity contribution in [2.45, 2.75) is 45.4 Å². The molecule has 0 atom stereocenters. The summed E-state index contributed by atoms with van der Waals surface area (Å²) in [4.78, 5) is 18.7. The molecule has 4 fully saturated rings. The molecule has 1 aromatic rings. The van der Waals surface area contributed by atoms with Gasteiger partial charge in [-0.15, -0.1) is 0 Å². The van der Waals surface area contributed by atoms with Gasteiger partial charge in [-0.1, -0.05) is 0 Å². The van der Waals surface area contributed by atoms with Crippen LogP contribution in [-0.2, 0) is 0 Å². The second-order valence-corrected chi connectivity index (χ2v) is 7.51. The Balaban J connectivity index is 1.50. The summed E-state index contributed by atoms with van der Waals surface area (Å²) < 4.78 is 0. The molecule has 108 valence electrons. The molecule has 0 radical (unpaired) electrons. The zero-order chi connectivity index (χ0) is 13.7. The van der Waals surface area contributed by atoms with Crippen molar-refractivity contribution in [2.24, 2.45) is 23.2 Å². The van der Waals surface area contributed by atoms with Crippen LogP contribution in [0.1, 0.15) is 44.2 Å². The maximum Gasteiger partial charge on any atom is 0.252 e. The van der Waals surface area contributed by atoms with Crippen LogP contribution in [0.2, 0.25) is 0 Å². The average Bonchev–Trinajstić information content (AvgIpc) is 2.34. The van der Waals surface area contributed by atoms with E-state index < -0.39 is 0 Å². The molecule has 1 aromatic heterocycles. The number of anilines is 1. The fourth-order valence-corrected chi connectivity index (χ4v) is 5.44. The summed E-state index contributed by atoms with van der Waals surface area (Å²) in [5, 5.41) is 3.42. The number of aromatic nitrogens is 2. The molecule has 0 unspecified atom stereocenters. The summed E-state index contributed by atoms with van der Waals surface area (Å²) in [6.07, 6.45) is 8.54. The molecule has 0 spiro atoms. The molecular weight excluding hydrogens is 250 g/mol. The van der Waals surface area contributed by atoms with Crippen molar-refractivity contribution >= 4 is 5.95 Å². The van der Waals surface area contributed by atoms with E-state index in [1.54, 1.807) is 0 Å². The van der Waals surface area contributed by atoms with E-state index in [2.05, 4.69) is 15.3 Å². The molecule has 1 heterocycles. The first kappa shape index (κ1) is 12.4. The SMILES string of the molecule is Cc1cc(=O)[nH]c(NCC23CC4CC(CC(C4)C2)C3)n1. The zero-order valence-electron chi connectivity index (χ0n) is 12.1. The molecule has 4 bridgehead atoms. The van der Waals surface area contributed by atoms with Gasteiger partial charge in [0.1, 0.15) is 0 Å². The van der Waals surface area contributed by atoms with Gasteiger partial charge in [0, 0.05) is 18.3 Å². The molecule has 4 aliphatic carbocycles. The first-order chi connectivity index (χ1) is 9.60. The van der Waals surface area contributed by atoms with Crippen LogP contribution < -0.4 is 10.9 Å². The smallest absolute Gasteiger partial charge is 0.252 e. The Hall–Kier alpha value is -1.32. The number of hydrogen-bond acceptors (Lipinski definition) is 3. The quantitative estimate of drug-likeness (QED) is 0.890. The van der Waals surface area contributed by atoms with Gasteiger partial charge in [0.15, 0.2) is 0 Å². The Morgan fingerprint density at radius 2 is 1.85 bits per heavy atom. The molecule has 4 heteroatoms. The molecule has 5 rings (SSSR count). The minimum atomic E-state index is -0.0643. The van der Waals surface area contributed by atoms with E-state index in [1.807, 2.05) is 6.92 Å². The van der Waals surface area contributed by atoms with Gasteiger partial charge in [0.05, 0.1) is 0 Å². The topological polar surface area (TPSA) is 57.8 Å². The summed E-state index contributed by atoms with van der Waals surface area (Å²) in [7, 11) is 0. The molecule has 20 heavy (non-hydrogen) atoms. The lowest BCUT2D eigenvalue weighted by Gasteiger charge is -2.56. The molecule has 0 aromatic carbocycles. The van der Waals surface area contributed by atoms with Crippen LogP contribution >= 0.6 is 0 Å². The predicted octanol–water partition coefficient (Wildman–Crippen LogP) is 2.71. The third-order valence-corrected chi connectivity index (χ3v) is 5.67. The Labute approximate surface area is 119 Å². The number of H-pyrrole nitrogens is 1. The lowest BCUT2D eigenvalue weighted by Crippen LogP contribution is -2.49. The third kappa shape index (κ3) is 2.15. The minimum Gasteiger partial charge on any atom is -0.355 e. The monoisotopic (exact) mass is 273 g/mol. The highest BCUT2D eigenvalue weighted by molar-refractivity contribution is 5.26. The summed E-state index contributed by atoms with van der Waals surface area (Å²) in [5.41, 5.74) is 1.18. The summed E-state index contributed by atoms with van der Waals surface area (Å²) >= 11 is 0. The molecule has 4 nitrogen and oxygen atoms in total.